The lowest BCUT2D eigenvalue weighted by Crippen LogP contribution is -2.41. The van der Waals surface area contributed by atoms with E-state index in [9.17, 15) is 0 Å². The number of morpholine rings is 1. The van der Waals surface area contributed by atoms with Gasteiger partial charge in [-0.1, -0.05) is 0 Å². The van der Waals surface area contributed by atoms with E-state index in [0.29, 0.717) is 0 Å². The van der Waals surface area contributed by atoms with Gasteiger partial charge >= 0.3 is 0 Å². The van der Waals surface area contributed by atoms with Crippen LogP contribution in [-0.4, -0.2) is 35.8 Å². The van der Waals surface area contributed by atoms with Crippen molar-refractivity contribution in [3.8, 4) is 0 Å². The first-order valence-corrected chi connectivity index (χ1v) is 7.05. The fourth-order valence-electron chi connectivity index (χ4n) is 2.41. The number of anilines is 1. The fraction of sp³-hybridized carbons (Fsp3) is 0.538. The second kappa shape index (κ2) is 4.48. The first-order valence-electron chi connectivity index (χ1n) is 6.24. The number of hydrogen-bond donors (Lipinski definition) is 0. The topological polar surface area (TPSA) is 38.2 Å². The highest BCUT2D eigenvalue weighted by atomic mass is 32.1. The summed E-state index contributed by atoms with van der Waals surface area (Å²) in [6.45, 7) is 8.99. The van der Waals surface area contributed by atoms with Gasteiger partial charge in [-0.05, 0) is 26.3 Å². The zero-order valence-electron chi connectivity index (χ0n) is 10.9. The standard InChI is InChI=1S/C13H17N3OS/c1-8-6-16(4-5-17-8)12-11-9(2)10(3)18-13(11)15-7-14-12/h7-8H,4-6H2,1-3H3/t8-/m0/s1. The van der Waals surface area contributed by atoms with Crippen LogP contribution in [0.5, 0.6) is 0 Å². The third kappa shape index (κ3) is 1.87. The Morgan fingerprint density at radius 3 is 3.00 bits per heavy atom. The molecule has 4 nitrogen and oxygen atoms in total. The number of aromatic nitrogens is 2. The SMILES string of the molecule is Cc1sc2ncnc(N3CCO[C@@H](C)C3)c2c1C. The zero-order valence-corrected chi connectivity index (χ0v) is 11.8. The van der Waals surface area contributed by atoms with Crippen molar-refractivity contribution in [1.82, 2.24) is 9.97 Å². The van der Waals surface area contributed by atoms with Crippen molar-refractivity contribution < 1.29 is 4.74 Å². The summed E-state index contributed by atoms with van der Waals surface area (Å²) in [6, 6.07) is 0. The summed E-state index contributed by atoms with van der Waals surface area (Å²) in [5.74, 6) is 1.07. The summed E-state index contributed by atoms with van der Waals surface area (Å²) >= 11 is 1.75. The minimum Gasteiger partial charge on any atom is -0.375 e. The zero-order chi connectivity index (χ0) is 12.7. The third-order valence-electron chi connectivity index (χ3n) is 3.49. The van der Waals surface area contributed by atoms with E-state index in [-0.39, 0.29) is 6.10 Å². The van der Waals surface area contributed by atoms with Gasteiger partial charge in [-0.3, -0.25) is 0 Å². The van der Waals surface area contributed by atoms with Crippen LogP contribution in [-0.2, 0) is 4.74 Å². The molecule has 0 spiro atoms. The van der Waals surface area contributed by atoms with E-state index < -0.39 is 0 Å². The summed E-state index contributed by atoms with van der Waals surface area (Å²) in [7, 11) is 0. The van der Waals surface area contributed by atoms with E-state index in [1.807, 2.05) is 0 Å². The molecule has 0 bridgehead atoms. The molecular formula is C13H17N3OS. The Labute approximate surface area is 111 Å². The molecule has 0 saturated carbocycles. The first-order chi connectivity index (χ1) is 8.66. The molecule has 1 atom stereocenters. The van der Waals surface area contributed by atoms with E-state index in [0.717, 1.165) is 30.3 Å². The van der Waals surface area contributed by atoms with Crippen molar-refractivity contribution in [3.63, 3.8) is 0 Å². The number of ether oxygens (including phenoxy) is 1. The van der Waals surface area contributed by atoms with Gasteiger partial charge in [0.25, 0.3) is 0 Å². The van der Waals surface area contributed by atoms with Gasteiger partial charge in [0.05, 0.1) is 18.1 Å². The fourth-order valence-corrected chi connectivity index (χ4v) is 3.41. The van der Waals surface area contributed by atoms with Crippen LogP contribution in [0.15, 0.2) is 6.33 Å². The number of fused-ring (bicyclic) bond motifs is 1. The Morgan fingerprint density at radius 1 is 1.39 bits per heavy atom. The van der Waals surface area contributed by atoms with Crippen molar-refractivity contribution in [3.05, 3.63) is 16.8 Å². The van der Waals surface area contributed by atoms with Gasteiger partial charge in [0.2, 0.25) is 0 Å². The molecule has 2 aromatic heterocycles. The molecule has 1 aliphatic rings. The number of thiophene rings is 1. The maximum atomic E-state index is 5.59. The Morgan fingerprint density at radius 2 is 2.22 bits per heavy atom. The molecule has 1 aliphatic heterocycles. The molecule has 3 rings (SSSR count). The van der Waals surface area contributed by atoms with Gasteiger partial charge in [0.1, 0.15) is 17.0 Å². The number of aryl methyl sites for hydroxylation is 2. The quantitative estimate of drug-likeness (QED) is 0.792. The molecule has 0 aliphatic carbocycles. The lowest BCUT2D eigenvalue weighted by molar-refractivity contribution is 0.0530. The van der Waals surface area contributed by atoms with Crippen LogP contribution in [0.2, 0.25) is 0 Å². The lowest BCUT2D eigenvalue weighted by atomic mass is 10.2. The van der Waals surface area contributed by atoms with Crippen LogP contribution < -0.4 is 4.90 Å². The van der Waals surface area contributed by atoms with E-state index in [1.54, 1.807) is 17.7 Å². The minimum atomic E-state index is 0.267. The van der Waals surface area contributed by atoms with E-state index in [4.69, 9.17) is 4.74 Å². The Hall–Kier alpha value is -1.20. The van der Waals surface area contributed by atoms with E-state index in [1.165, 1.54) is 15.8 Å². The van der Waals surface area contributed by atoms with Crippen LogP contribution in [0.4, 0.5) is 5.82 Å². The highest BCUT2D eigenvalue weighted by Gasteiger charge is 2.22. The average molecular weight is 263 g/mol. The molecule has 18 heavy (non-hydrogen) atoms. The number of hydrogen-bond acceptors (Lipinski definition) is 5. The van der Waals surface area contributed by atoms with Gasteiger partial charge in [0, 0.05) is 18.0 Å². The second-order valence-corrected chi connectivity index (χ2v) is 5.99. The average Bonchev–Trinajstić information content (AvgIpc) is 2.65. The van der Waals surface area contributed by atoms with Crippen molar-refractivity contribution >= 4 is 27.4 Å². The molecule has 1 saturated heterocycles. The molecular weight excluding hydrogens is 246 g/mol. The summed E-state index contributed by atoms with van der Waals surface area (Å²) in [5, 5.41) is 1.22. The smallest absolute Gasteiger partial charge is 0.141 e. The Balaban J connectivity index is 2.10. The van der Waals surface area contributed by atoms with Gasteiger partial charge < -0.3 is 9.64 Å². The summed E-state index contributed by atoms with van der Waals surface area (Å²) in [6.07, 6.45) is 1.94. The van der Waals surface area contributed by atoms with Crippen molar-refractivity contribution in [2.24, 2.45) is 0 Å². The molecule has 96 valence electrons. The molecule has 0 radical (unpaired) electrons. The van der Waals surface area contributed by atoms with Crippen LogP contribution in [0.3, 0.4) is 0 Å². The van der Waals surface area contributed by atoms with Crippen LogP contribution in [0.25, 0.3) is 10.2 Å². The summed E-state index contributed by atoms with van der Waals surface area (Å²) < 4.78 is 5.59. The lowest BCUT2D eigenvalue weighted by Gasteiger charge is -2.32. The molecule has 0 amide bonds. The van der Waals surface area contributed by atoms with Gasteiger partial charge in [-0.25, -0.2) is 9.97 Å². The molecule has 5 heteroatoms. The third-order valence-corrected chi connectivity index (χ3v) is 4.60. The molecule has 1 fully saturated rings. The van der Waals surface area contributed by atoms with Crippen molar-refractivity contribution in [1.29, 1.82) is 0 Å². The molecule has 2 aromatic rings. The summed E-state index contributed by atoms with van der Waals surface area (Å²) in [5.41, 5.74) is 1.31. The minimum absolute atomic E-state index is 0.267. The predicted molar refractivity (Wildman–Crippen MR) is 74.5 cm³/mol. The predicted octanol–water partition coefficient (Wildman–Crippen LogP) is 2.53. The normalized spacial score (nSPS) is 20.6. The van der Waals surface area contributed by atoms with Gasteiger partial charge in [-0.15, -0.1) is 11.3 Å². The highest BCUT2D eigenvalue weighted by Crippen LogP contribution is 2.34. The highest BCUT2D eigenvalue weighted by molar-refractivity contribution is 7.18. The van der Waals surface area contributed by atoms with Crippen molar-refractivity contribution in [2.45, 2.75) is 26.9 Å². The largest absolute Gasteiger partial charge is 0.375 e. The van der Waals surface area contributed by atoms with Crippen LogP contribution in [0, 0.1) is 13.8 Å². The maximum Gasteiger partial charge on any atom is 0.141 e. The van der Waals surface area contributed by atoms with Crippen LogP contribution in [0.1, 0.15) is 17.4 Å². The van der Waals surface area contributed by atoms with Gasteiger partial charge in [0.15, 0.2) is 0 Å². The van der Waals surface area contributed by atoms with Crippen LogP contribution >= 0.6 is 11.3 Å². The second-order valence-electron chi connectivity index (χ2n) is 4.79. The monoisotopic (exact) mass is 263 g/mol. The van der Waals surface area contributed by atoms with Gasteiger partial charge in [-0.2, -0.15) is 0 Å². The summed E-state index contributed by atoms with van der Waals surface area (Å²) in [4.78, 5) is 13.6. The maximum absolute atomic E-state index is 5.59. The molecule has 0 unspecified atom stereocenters. The Bertz CT molecular complexity index is 581. The molecule has 0 N–H and O–H groups in total. The Kier molecular flexibility index (Phi) is 2.95. The van der Waals surface area contributed by atoms with E-state index in [2.05, 4.69) is 35.6 Å². The number of rotatable bonds is 1. The van der Waals surface area contributed by atoms with E-state index >= 15 is 0 Å². The molecule has 0 aromatic carbocycles. The van der Waals surface area contributed by atoms with Crippen molar-refractivity contribution in [2.75, 3.05) is 24.6 Å². The first kappa shape index (κ1) is 11.9. The molecule has 3 heterocycles. The number of nitrogens with zero attached hydrogens (tertiary/aromatic N) is 3.